The maximum absolute atomic E-state index is 13.1. The zero-order chi connectivity index (χ0) is 17.3. The number of hydrogen-bond donors (Lipinski definition) is 0. The highest BCUT2D eigenvalue weighted by molar-refractivity contribution is 7.90. The lowest BCUT2D eigenvalue weighted by atomic mass is 9.94. The Kier molecular flexibility index (Phi) is 5.55. The minimum atomic E-state index is -3.06. The van der Waals surface area contributed by atoms with Crippen LogP contribution in [0.25, 0.3) is 0 Å². The molecule has 0 N–H and O–H groups in total. The van der Waals surface area contributed by atoms with Gasteiger partial charge in [0.1, 0.15) is 9.84 Å². The van der Waals surface area contributed by atoms with E-state index in [2.05, 4.69) is 4.90 Å². The van der Waals surface area contributed by atoms with Gasteiger partial charge in [-0.25, -0.2) is 8.42 Å². The fourth-order valence-corrected chi connectivity index (χ4v) is 5.64. The van der Waals surface area contributed by atoms with Gasteiger partial charge in [0.25, 0.3) is 0 Å². The molecular formula is C18H32N2O3S. The van der Waals surface area contributed by atoms with Crippen molar-refractivity contribution < 1.29 is 13.2 Å². The third kappa shape index (κ3) is 4.51. The monoisotopic (exact) mass is 356 g/mol. The van der Waals surface area contributed by atoms with Crippen molar-refractivity contribution in [3.63, 3.8) is 0 Å². The zero-order valence-corrected chi connectivity index (χ0v) is 15.9. The van der Waals surface area contributed by atoms with Crippen LogP contribution < -0.4 is 0 Å². The van der Waals surface area contributed by atoms with Crippen LogP contribution in [0.2, 0.25) is 0 Å². The summed E-state index contributed by atoms with van der Waals surface area (Å²) in [5, 5.41) is 0. The summed E-state index contributed by atoms with van der Waals surface area (Å²) in [4.78, 5) is 17.5. The topological polar surface area (TPSA) is 57.7 Å². The van der Waals surface area contributed by atoms with Crippen LogP contribution in [0.4, 0.5) is 0 Å². The maximum Gasteiger partial charge on any atom is 0.227 e. The number of amides is 1. The molecule has 0 aromatic carbocycles. The van der Waals surface area contributed by atoms with Crippen LogP contribution in [0.1, 0.15) is 58.3 Å². The molecule has 1 aliphatic heterocycles. The summed E-state index contributed by atoms with van der Waals surface area (Å²) in [6.07, 6.45) is 10.8. The number of carbonyl (C=O) groups is 1. The smallest absolute Gasteiger partial charge is 0.227 e. The molecule has 2 atom stereocenters. The average Bonchev–Trinajstić information content (AvgIpc) is 3.21. The van der Waals surface area contributed by atoms with Crippen LogP contribution in [0.15, 0.2) is 0 Å². The SMILES string of the molecule is C[C@H](CS(C)(=O)=O)N(C(=O)[C@H]1CCN(C2CCCCC2)C1)C1CC1. The van der Waals surface area contributed by atoms with Gasteiger partial charge in [0.05, 0.1) is 11.7 Å². The molecule has 2 aliphatic carbocycles. The standard InChI is InChI=1S/C18H32N2O3S/c1-14(13-24(2,22)23)20(17-8-9-17)18(21)15-10-11-19(12-15)16-6-4-3-5-7-16/h14-17H,3-13H2,1-2H3/t14-,15+/m1/s1. The van der Waals surface area contributed by atoms with Crippen LogP contribution in [0, 0.1) is 5.92 Å². The Bertz CT molecular complexity index is 553. The molecule has 2 saturated carbocycles. The van der Waals surface area contributed by atoms with Gasteiger partial charge in [-0.05, 0) is 45.6 Å². The minimum Gasteiger partial charge on any atom is -0.336 e. The van der Waals surface area contributed by atoms with Gasteiger partial charge in [-0.1, -0.05) is 19.3 Å². The Morgan fingerprint density at radius 2 is 1.79 bits per heavy atom. The Balaban J connectivity index is 1.61. The van der Waals surface area contributed by atoms with E-state index in [4.69, 9.17) is 0 Å². The van der Waals surface area contributed by atoms with E-state index >= 15 is 0 Å². The van der Waals surface area contributed by atoms with E-state index in [0.29, 0.717) is 6.04 Å². The first kappa shape index (κ1) is 18.2. The van der Waals surface area contributed by atoms with Crippen molar-refractivity contribution in [1.82, 2.24) is 9.80 Å². The molecule has 3 aliphatic rings. The molecule has 0 unspecified atom stereocenters. The first-order chi connectivity index (χ1) is 11.3. The summed E-state index contributed by atoms with van der Waals surface area (Å²) in [7, 11) is -3.06. The zero-order valence-electron chi connectivity index (χ0n) is 15.1. The molecule has 1 saturated heterocycles. The highest BCUT2D eigenvalue weighted by Gasteiger charge is 2.42. The average molecular weight is 357 g/mol. The van der Waals surface area contributed by atoms with E-state index in [-0.39, 0.29) is 29.7 Å². The fraction of sp³-hybridized carbons (Fsp3) is 0.944. The molecule has 0 aromatic heterocycles. The van der Waals surface area contributed by atoms with Gasteiger partial charge in [-0.3, -0.25) is 9.69 Å². The normalized spacial score (nSPS) is 28.0. The van der Waals surface area contributed by atoms with E-state index < -0.39 is 9.84 Å². The van der Waals surface area contributed by atoms with Gasteiger partial charge in [0.2, 0.25) is 5.91 Å². The molecule has 0 aromatic rings. The van der Waals surface area contributed by atoms with Crippen LogP contribution >= 0.6 is 0 Å². The quantitative estimate of drug-likeness (QED) is 0.731. The molecule has 24 heavy (non-hydrogen) atoms. The van der Waals surface area contributed by atoms with E-state index in [1.54, 1.807) is 0 Å². The third-order valence-corrected chi connectivity index (χ3v) is 6.96. The van der Waals surface area contributed by atoms with E-state index in [1.165, 1.54) is 38.4 Å². The van der Waals surface area contributed by atoms with Gasteiger partial charge in [0, 0.05) is 30.9 Å². The molecule has 3 rings (SSSR count). The van der Waals surface area contributed by atoms with Crippen molar-refractivity contribution >= 4 is 15.7 Å². The molecule has 138 valence electrons. The van der Waals surface area contributed by atoms with Crippen molar-refractivity contribution in [1.29, 1.82) is 0 Å². The van der Waals surface area contributed by atoms with Gasteiger partial charge in [-0.2, -0.15) is 0 Å². The number of sulfone groups is 1. The lowest BCUT2D eigenvalue weighted by Gasteiger charge is -2.33. The van der Waals surface area contributed by atoms with Crippen LogP contribution in [-0.4, -0.2) is 67.3 Å². The number of likely N-dealkylation sites (tertiary alicyclic amines) is 1. The van der Waals surface area contributed by atoms with Crippen molar-refractivity contribution in [3.8, 4) is 0 Å². The van der Waals surface area contributed by atoms with Crippen LogP contribution in [0.3, 0.4) is 0 Å². The number of rotatable bonds is 6. The summed E-state index contributed by atoms with van der Waals surface area (Å²) in [5.74, 6) is 0.343. The predicted molar refractivity (Wildman–Crippen MR) is 95.6 cm³/mol. The van der Waals surface area contributed by atoms with Crippen molar-refractivity contribution in [2.45, 2.75) is 76.4 Å². The summed E-state index contributed by atoms with van der Waals surface area (Å²) in [6, 6.07) is 0.737. The second-order valence-corrected chi connectivity index (χ2v) is 10.4. The van der Waals surface area contributed by atoms with Gasteiger partial charge >= 0.3 is 0 Å². The van der Waals surface area contributed by atoms with E-state index in [1.807, 2.05) is 11.8 Å². The molecule has 0 spiro atoms. The number of carbonyl (C=O) groups excluding carboxylic acids is 1. The second kappa shape index (κ2) is 7.32. The fourth-order valence-electron chi connectivity index (χ4n) is 4.61. The molecule has 6 heteroatoms. The Morgan fingerprint density at radius 3 is 2.38 bits per heavy atom. The summed E-state index contributed by atoms with van der Waals surface area (Å²) < 4.78 is 23.3. The maximum atomic E-state index is 13.1. The van der Waals surface area contributed by atoms with Gasteiger partial charge in [-0.15, -0.1) is 0 Å². The molecule has 0 radical (unpaired) electrons. The highest BCUT2D eigenvalue weighted by atomic mass is 32.2. The summed E-state index contributed by atoms with van der Waals surface area (Å²) in [6.45, 7) is 3.80. The van der Waals surface area contributed by atoms with Crippen LogP contribution in [0.5, 0.6) is 0 Å². The molecule has 1 amide bonds. The predicted octanol–water partition coefficient (Wildman–Crippen LogP) is 2.07. The molecule has 1 heterocycles. The molecule has 0 bridgehead atoms. The Labute approximate surface area is 146 Å². The lowest BCUT2D eigenvalue weighted by Crippen LogP contribution is -2.47. The van der Waals surface area contributed by atoms with E-state index in [9.17, 15) is 13.2 Å². The van der Waals surface area contributed by atoms with Gasteiger partial charge in [0.15, 0.2) is 0 Å². The number of hydrogen-bond acceptors (Lipinski definition) is 4. The van der Waals surface area contributed by atoms with Crippen LogP contribution in [-0.2, 0) is 14.6 Å². The Hall–Kier alpha value is -0.620. The minimum absolute atomic E-state index is 0.0644. The highest BCUT2D eigenvalue weighted by Crippen LogP contribution is 2.34. The van der Waals surface area contributed by atoms with Gasteiger partial charge < -0.3 is 4.90 Å². The van der Waals surface area contributed by atoms with Crippen molar-refractivity contribution in [2.75, 3.05) is 25.1 Å². The third-order valence-electron chi connectivity index (χ3n) is 5.87. The number of nitrogens with zero attached hydrogens (tertiary/aromatic N) is 2. The lowest BCUT2D eigenvalue weighted by molar-refractivity contribution is -0.137. The summed E-state index contributed by atoms with van der Waals surface area (Å²) in [5.41, 5.74) is 0. The largest absolute Gasteiger partial charge is 0.336 e. The summed E-state index contributed by atoms with van der Waals surface area (Å²) >= 11 is 0. The molecule has 5 nitrogen and oxygen atoms in total. The second-order valence-electron chi connectivity index (χ2n) is 8.19. The first-order valence-electron chi connectivity index (χ1n) is 9.59. The van der Waals surface area contributed by atoms with E-state index in [0.717, 1.165) is 32.4 Å². The molecular weight excluding hydrogens is 324 g/mol. The van der Waals surface area contributed by atoms with Crippen molar-refractivity contribution in [3.05, 3.63) is 0 Å². The molecule has 3 fully saturated rings. The van der Waals surface area contributed by atoms with Crippen molar-refractivity contribution in [2.24, 2.45) is 5.92 Å². The first-order valence-corrected chi connectivity index (χ1v) is 11.6. The Morgan fingerprint density at radius 1 is 1.12 bits per heavy atom.